The Labute approximate surface area is 246 Å². The third-order valence-electron chi connectivity index (χ3n) is 8.73. The first-order valence-electron chi connectivity index (χ1n) is 14.4. The molecule has 6 aromatic carbocycles. The maximum absolute atomic E-state index is 10.3. The van der Waals surface area contributed by atoms with E-state index in [4.69, 9.17) is 8.83 Å². The van der Waals surface area contributed by atoms with Crippen LogP contribution in [-0.2, 0) is 0 Å². The van der Waals surface area contributed by atoms with E-state index < -0.39 is 0 Å². The van der Waals surface area contributed by atoms with Gasteiger partial charge >= 0.3 is 0 Å². The fourth-order valence-corrected chi connectivity index (χ4v) is 6.83. The average Bonchev–Trinajstić information content (AvgIpc) is 3.70. The molecule has 0 aliphatic rings. The molecule has 0 amide bonds. The van der Waals surface area contributed by atoms with E-state index in [1.165, 1.54) is 21.9 Å². The minimum atomic E-state index is 0.507. The average molecular weight is 553 g/mol. The molecule has 4 heteroatoms. The van der Waals surface area contributed by atoms with Crippen LogP contribution in [0.1, 0.15) is 16.7 Å². The van der Waals surface area contributed by atoms with Gasteiger partial charge in [-0.25, -0.2) is 0 Å². The highest BCUT2D eigenvalue weighted by molar-refractivity contribution is 6.16. The fraction of sp³-hybridized carbons (Fsp3) is 0.0513. The van der Waals surface area contributed by atoms with Gasteiger partial charge in [-0.3, -0.25) is 0 Å². The number of fused-ring (bicyclic) bond motifs is 9. The van der Waals surface area contributed by atoms with Gasteiger partial charge in [-0.2, -0.15) is 5.26 Å². The summed E-state index contributed by atoms with van der Waals surface area (Å²) in [5.41, 5.74) is 11.2. The third-order valence-corrected chi connectivity index (χ3v) is 8.73. The van der Waals surface area contributed by atoms with Gasteiger partial charge in [0.2, 0.25) is 0 Å². The maximum atomic E-state index is 10.3. The zero-order valence-corrected chi connectivity index (χ0v) is 23.6. The second kappa shape index (κ2) is 8.61. The Hall–Kier alpha value is -5.79. The number of para-hydroxylation sites is 2. The summed E-state index contributed by atoms with van der Waals surface area (Å²) in [4.78, 5) is 0. The van der Waals surface area contributed by atoms with E-state index in [2.05, 4.69) is 97.3 Å². The van der Waals surface area contributed by atoms with E-state index in [1.807, 2.05) is 36.4 Å². The number of hydrogen-bond acceptors (Lipinski definition) is 3. The number of benzene rings is 6. The van der Waals surface area contributed by atoms with Crippen molar-refractivity contribution in [1.29, 1.82) is 5.26 Å². The molecule has 0 aliphatic heterocycles. The molecule has 0 saturated heterocycles. The van der Waals surface area contributed by atoms with Crippen molar-refractivity contribution in [3.63, 3.8) is 0 Å². The molecule has 0 spiro atoms. The summed E-state index contributed by atoms with van der Waals surface area (Å²) in [5, 5.41) is 16.8. The molecule has 0 saturated carbocycles. The molecule has 3 aromatic heterocycles. The lowest BCUT2D eigenvalue weighted by atomic mass is 9.96. The first-order valence-corrected chi connectivity index (χ1v) is 14.4. The predicted molar refractivity (Wildman–Crippen MR) is 175 cm³/mol. The molecule has 4 nitrogen and oxygen atoms in total. The van der Waals surface area contributed by atoms with E-state index in [9.17, 15) is 5.26 Å². The smallest absolute Gasteiger partial charge is 0.159 e. The fourth-order valence-electron chi connectivity index (χ4n) is 6.83. The molecule has 0 fully saturated rings. The van der Waals surface area contributed by atoms with Crippen molar-refractivity contribution in [2.45, 2.75) is 13.8 Å². The molecule has 43 heavy (non-hydrogen) atoms. The molecule has 0 radical (unpaired) electrons. The van der Waals surface area contributed by atoms with E-state index in [-0.39, 0.29) is 0 Å². The second-order valence-electron chi connectivity index (χ2n) is 11.4. The van der Waals surface area contributed by atoms with Crippen molar-refractivity contribution in [3.8, 4) is 22.9 Å². The number of furan rings is 2. The first-order chi connectivity index (χ1) is 21.1. The molecule has 202 valence electrons. The second-order valence-corrected chi connectivity index (χ2v) is 11.4. The van der Waals surface area contributed by atoms with Gasteiger partial charge in [0.25, 0.3) is 0 Å². The number of aryl methyl sites for hydroxylation is 2. The highest BCUT2D eigenvalue weighted by Gasteiger charge is 2.21. The minimum Gasteiger partial charge on any atom is -0.456 e. The third kappa shape index (κ3) is 3.31. The molecular weight excluding hydrogens is 528 g/mol. The largest absolute Gasteiger partial charge is 0.456 e. The van der Waals surface area contributed by atoms with E-state index >= 15 is 0 Å². The van der Waals surface area contributed by atoms with Crippen molar-refractivity contribution in [2.75, 3.05) is 0 Å². The molecular formula is C39H24N2O2. The molecule has 0 unspecified atom stereocenters. The molecule has 0 bridgehead atoms. The van der Waals surface area contributed by atoms with Crippen LogP contribution < -0.4 is 0 Å². The van der Waals surface area contributed by atoms with Gasteiger partial charge in [-0.15, -0.1) is 0 Å². The minimum absolute atomic E-state index is 0.507. The van der Waals surface area contributed by atoms with Crippen LogP contribution in [0.4, 0.5) is 0 Å². The molecule has 9 aromatic rings. The van der Waals surface area contributed by atoms with Crippen LogP contribution in [0.5, 0.6) is 0 Å². The zero-order chi connectivity index (χ0) is 28.8. The predicted octanol–water partition coefficient (Wildman–Crippen LogP) is 10.7. The summed E-state index contributed by atoms with van der Waals surface area (Å²) in [6.45, 7) is 4.26. The lowest BCUT2D eigenvalue weighted by Gasteiger charge is -2.08. The highest BCUT2D eigenvalue weighted by Crippen LogP contribution is 2.42. The standard InChI is InChI=1S/C39H24N2O2/c1-22-13-15-32-29(17-22)30-18-23(2)14-16-33(30)41(32)34-10-5-9-27-31-20-24(19-25(21-40)38(31)43-39(27)34)26-8-6-12-36-37(26)28-7-3-4-11-35(28)42-36/h3-20H,1-2H3. The number of aromatic nitrogens is 1. The van der Waals surface area contributed by atoms with Crippen LogP contribution in [0.3, 0.4) is 0 Å². The lowest BCUT2D eigenvalue weighted by molar-refractivity contribution is 0.665. The molecule has 0 aliphatic carbocycles. The van der Waals surface area contributed by atoms with E-state index in [0.29, 0.717) is 11.1 Å². The van der Waals surface area contributed by atoms with E-state index in [1.54, 1.807) is 0 Å². The molecule has 9 rings (SSSR count). The normalized spacial score (nSPS) is 11.9. The summed E-state index contributed by atoms with van der Waals surface area (Å²) in [7, 11) is 0. The summed E-state index contributed by atoms with van der Waals surface area (Å²) in [5.74, 6) is 0. The van der Waals surface area contributed by atoms with Crippen molar-refractivity contribution in [2.24, 2.45) is 0 Å². The zero-order valence-electron chi connectivity index (χ0n) is 23.6. The van der Waals surface area contributed by atoms with Crippen LogP contribution in [0.25, 0.3) is 82.5 Å². The van der Waals surface area contributed by atoms with Crippen molar-refractivity contribution in [1.82, 2.24) is 4.57 Å². The monoisotopic (exact) mass is 552 g/mol. The molecule has 0 N–H and O–H groups in total. The number of nitrogens with zero attached hydrogens (tertiary/aromatic N) is 2. The van der Waals surface area contributed by atoms with Crippen LogP contribution in [0.2, 0.25) is 0 Å². The number of nitriles is 1. The quantitative estimate of drug-likeness (QED) is 0.214. The Kier molecular flexibility index (Phi) is 4.78. The summed E-state index contributed by atoms with van der Waals surface area (Å²) in [6.07, 6.45) is 0. The molecule has 3 heterocycles. The van der Waals surface area contributed by atoms with Gasteiger partial charge in [0.15, 0.2) is 11.2 Å². The summed E-state index contributed by atoms with van der Waals surface area (Å²) < 4.78 is 15.1. The van der Waals surface area contributed by atoms with Crippen molar-refractivity contribution < 1.29 is 8.83 Å². The Balaban J connectivity index is 1.36. The molecule has 0 atom stereocenters. The van der Waals surface area contributed by atoms with Crippen molar-refractivity contribution >= 4 is 65.7 Å². The summed E-state index contributed by atoms with van der Waals surface area (Å²) in [6, 6.07) is 40.2. The van der Waals surface area contributed by atoms with Gasteiger partial charge in [-0.1, -0.05) is 65.7 Å². The Morgan fingerprint density at radius 2 is 1.28 bits per heavy atom. The maximum Gasteiger partial charge on any atom is 0.159 e. The van der Waals surface area contributed by atoms with Crippen LogP contribution in [0, 0.1) is 25.2 Å². The first kappa shape index (κ1) is 23.9. The van der Waals surface area contributed by atoms with Crippen LogP contribution in [-0.4, -0.2) is 4.57 Å². The Bertz CT molecular complexity index is 2600. The Morgan fingerprint density at radius 1 is 0.581 bits per heavy atom. The topological polar surface area (TPSA) is 55.0 Å². The van der Waals surface area contributed by atoms with Gasteiger partial charge in [-0.05, 0) is 79.6 Å². The SMILES string of the molecule is Cc1ccc2c(c1)c1cc(C)ccc1n2-c1cccc2c1oc1c(C#N)cc(-c3cccc4oc5ccccc5c34)cc12. The Morgan fingerprint density at radius 3 is 2.05 bits per heavy atom. The van der Waals surface area contributed by atoms with Gasteiger partial charge in [0.05, 0.1) is 22.3 Å². The number of hydrogen-bond donors (Lipinski definition) is 0. The van der Waals surface area contributed by atoms with E-state index in [0.717, 1.165) is 66.1 Å². The summed E-state index contributed by atoms with van der Waals surface area (Å²) >= 11 is 0. The lowest BCUT2D eigenvalue weighted by Crippen LogP contribution is -1.94. The van der Waals surface area contributed by atoms with Crippen LogP contribution in [0.15, 0.2) is 118 Å². The highest BCUT2D eigenvalue weighted by atomic mass is 16.3. The number of rotatable bonds is 2. The van der Waals surface area contributed by atoms with Gasteiger partial charge in [0, 0.05) is 32.3 Å². The van der Waals surface area contributed by atoms with Crippen LogP contribution >= 0.6 is 0 Å². The van der Waals surface area contributed by atoms with Gasteiger partial charge < -0.3 is 13.4 Å². The van der Waals surface area contributed by atoms with Gasteiger partial charge in [0.1, 0.15) is 17.2 Å². The van der Waals surface area contributed by atoms with Crippen molar-refractivity contribution in [3.05, 3.63) is 126 Å².